The van der Waals surface area contributed by atoms with Crippen LogP contribution in [-0.4, -0.2) is 45.2 Å². The third-order valence-corrected chi connectivity index (χ3v) is 5.62. The Morgan fingerprint density at radius 3 is 2.68 bits per heavy atom. The third-order valence-electron chi connectivity index (χ3n) is 5.62. The molecule has 0 bridgehead atoms. The summed E-state index contributed by atoms with van der Waals surface area (Å²) in [5.74, 6) is 1.69. The van der Waals surface area contributed by atoms with Gasteiger partial charge in [0.1, 0.15) is 5.75 Å². The number of aliphatic hydroxyl groups is 1. The van der Waals surface area contributed by atoms with Crippen LogP contribution in [0.3, 0.4) is 0 Å². The number of aliphatic hydroxyl groups excluding tert-OH is 1. The van der Waals surface area contributed by atoms with Gasteiger partial charge in [0.05, 0.1) is 42.0 Å². The van der Waals surface area contributed by atoms with Crippen molar-refractivity contribution >= 4 is 16.9 Å². The van der Waals surface area contributed by atoms with Crippen molar-refractivity contribution in [3.05, 3.63) is 72.3 Å². The van der Waals surface area contributed by atoms with Gasteiger partial charge in [0.15, 0.2) is 0 Å². The maximum atomic E-state index is 10.0. The van der Waals surface area contributed by atoms with Crippen LogP contribution in [0.1, 0.15) is 30.3 Å². The molecule has 31 heavy (non-hydrogen) atoms. The zero-order valence-corrected chi connectivity index (χ0v) is 17.4. The van der Waals surface area contributed by atoms with Crippen LogP contribution in [0.5, 0.6) is 5.75 Å². The molecule has 2 aromatic carbocycles. The fourth-order valence-electron chi connectivity index (χ4n) is 3.82. The molecule has 1 atom stereocenters. The van der Waals surface area contributed by atoms with Crippen molar-refractivity contribution in [1.82, 2.24) is 19.9 Å². The number of para-hydroxylation sites is 1. The molecule has 1 fully saturated rings. The van der Waals surface area contributed by atoms with E-state index in [1.165, 1.54) is 0 Å². The van der Waals surface area contributed by atoms with Crippen LogP contribution in [0.2, 0.25) is 0 Å². The number of ether oxygens (including phenoxy) is 1. The van der Waals surface area contributed by atoms with Gasteiger partial charge in [0.2, 0.25) is 5.95 Å². The van der Waals surface area contributed by atoms with Crippen LogP contribution in [-0.2, 0) is 0 Å². The quantitative estimate of drug-likeness (QED) is 0.533. The lowest BCUT2D eigenvalue weighted by Gasteiger charge is -2.39. The first-order valence-corrected chi connectivity index (χ1v) is 10.3. The van der Waals surface area contributed by atoms with E-state index in [0.717, 1.165) is 52.6 Å². The molecule has 7 heteroatoms. The Hall–Kier alpha value is -3.58. The van der Waals surface area contributed by atoms with Crippen LogP contribution in [0.4, 0.5) is 5.95 Å². The molecule has 1 aliphatic heterocycles. The summed E-state index contributed by atoms with van der Waals surface area (Å²) in [6, 6.07) is 15.8. The highest BCUT2D eigenvalue weighted by Crippen LogP contribution is 2.35. The van der Waals surface area contributed by atoms with E-state index in [4.69, 9.17) is 19.7 Å². The minimum atomic E-state index is -0.685. The molecule has 0 radical (unpaired) electrons. The summed E-state index contributed by atoms with van der Waals surface area (Å²) in [5.41, 5.74) is 4.10. The van der Waals surface area contributed by atoms with Gasteiger partial charge in [-0.2, -0.15) is 0 Å². The Labute approximate surface area is 180 Å². The fourth-order valence-corrected chi connectivity index (χ4v) is 3.82. The first kappa shape index (κ1) is 19.4. The van der Waals surface area contributed by atoms with Crippen LogP contribution in [0.15, 0.2) is 60.9 Å². The Morgan fingerprint density at radius 2 is 1.87 bits per heavy atom. The Bertz CT molecular complexity index is 1240. The van der Waals surface area contributed by atoms with Crippen molar-refractivity contribution in [1.29, 1.82) is 0 Å². The number of anilines is 1. The predicted molar refractivity (Wildman–Crippen MR) is 119 cm³/mol. The summed E-state index contributed by atoms with van der Waals surface area (Å²) >= 11 is 0. The van der Waals surface area contributed by atoms with Gasteiger partial charge in [0, 0.05) is 36.2 Å². The highest BCUT2D eigenvalue weighted by Gasteiger charge is 2.33. The molecule has 1 unspecified atom stereocenters. The predicted octanol–water partition coefficient (Wildman–Crippen LogP) is 3.75. The molecular formula is C24H23N5O2. The van der Waals surface area contributed by atoms with Crippen molar-refractivity contribution in [3.8, 4) is 17.0 Å². The number of fused-ring (bicyclic) bond motifs is 1. The molecule has 0 aliphatic carbocycles. The molecule has 0 spiro atoms. The SMILES string of the molecule is COc1cccc(-c2nc(C(C)O)cnc2C2CN(c3ncc4ccccc4n3)C2)c1. The highest BCUT2D eigenvalue weighted by molar-refractivity contribution is 5.78. The van der Waals surface area contributed by atoms with Crippen molar-refractivity contribution in [2.45, 2.75) is 18.9 Å². The van der Waals surface area contributed by atoms with Crippen molar-refractivity contribution in [3.63, 3.8) is 0 Å². The molecule has 5 rings (SSSR count). The van der Waals surface area contributed by atoms with Crippen LogP contribution < -0.4 is 9.64 Å². The van der Waals surface area contributed by atoms with Crippen LogP contribution in [0, 0.1) is 0 Å². The van der Waals surface area contributed by atoms with E-state index in [1.54, 1.807) is 20.2 Å². The Balaban J connectivity index is 1.45. The molecule has 1 N–H and O–H groups in total. The zero-order chi connectivity index (χ0) is 21.4. The second-order valence-corrected chi connectivity index (χ2v) is 7.77. The second kappa shape index (κ2) is 7.92. The van der Waals surface area contributed by atoms with Crippen molar-refractivity contribution in [2.75, 3.05) is 25.1 Å². The van der Waals surface area contributed by atoms with E-state index in [1.807, 2.05) is 54.7 Å². The van der Waals surface area contributed by atoms with Crippen LogP contribution >= 0.6 is 0 Å². The minimum absolute atomic E-state index is 0.201. The maximum Gasteiger partial charge on any atom is 0.225 e. The van der Waals surface area contributed by atoms with Crippen LogP contribution in [0.25, 0.3) is 22.2 Å². The van der Waals surface area contributed by atoms with E-state index in [-0.39, 0.29) is 5.92 Å². The molecular weight excluding hydrogens is 390 g/mol. The number of benzene rings is 2. The summed E-state index contributed by atoms with van der Waals surface area (Å²) in [6.07, 6.45) is 2.85. The van der Waals surface area contributed by atoms with E-state index >= 15 is 0 Å². The summed E-state index contributed by atoms with van der Waals surface area (Å²) in [5, 5.41) is 11.1. The fraction of sp³-hybridized carbons (Fsp3) is 0.250. The smallest absolute Gasteiger partial charge is 0.225 e. The normalized spacial score (nSPS) is 15.0. The standard InChI is InChI=1S/C24H23N5O2/c1-15(30)21-12-25-22(23(27-21)16-7-5-8-19(10-16)31-2)18-13-29(14-18)24-26-11-17-6-3-4-9-20(17)28-24/h3-12,15,18,30H,13-14H2,1-2H3. The molecule has 7 nitrogen and oxygen atoms in total. The number of aromatic nitrogens is 4. The van der Waals surface area contributed by atoms with Crippen molar-refractivity contribution < 1.29 is 9.84 Å². The van der Waals surface area contributed by atoms with Gasteiger partial charge >= 0.3 is 0 Å². The Morgan fingerprint density at radius 1 is 1.03 bits per heavy atom. The van der Waals surface area contributed by atoms with E-state index in [2.05, 4.69) is 9.88 Å². The monoisotopic (exact) mass is 413 g/mol. The van der Waals surface area contributed by atoms with Gasteiger partial charge in [-0.3, -0.25) is 4.98 Å². The molecule has 4 aromatic rings. The minimum Gasteiger partial charge on any atom is -0.497 e. The van der Waals surface area contributed by atoms with Gasteiger partial charge < -0.3 is 14.7 Å². The second-order valence-electron chi connectivity index (χ2n) is 7.77. The summed E-state index contributed by atoms with van der Waals surface area (Å²) in [6.45, 7) is 3.22. The zero-order valence-electron chi connectivity index (χ0n) is 17.4. The number of methoxy groups -OCH3 is 1. The molecule has 3 heterocycles. The third kappa shape index (κ3) is 3.68. The first-order chi connectivity index (χ1) is 15.1. The lowest BCUT2D eigenvalue weighted by molar-refractivity contribution is 0.194. The number of rotatable bonds is 5. The Kier molecular flexibility index (Phi) is 4.95. The molecule has 1 saturated heterocycles. The van der Waals surface area contributed by atoms with E-state index in [0.29, 0.717) is 5.69 Å². The lowest BCUT2D eigenvalue weighted by Crippen LogP contribution is -2.46. The van der Waals surface area contributed by atoms with E-state index in [9.17, 15) is 5.11 Å². The summed E-state index contributed by atoms with van der Waals surface area (Å²) < 4.78 is 5.38. The molecule has 156 valence electrons. The molecule has 1 aliphatic rings. The summed E-state index contributed by atoms with van der Waals surface area (Å²) in [7, 11) is 1.64. The number of nitrogens with zero attached hydrogens (tertiary/aromatic N) is 5. The van der Waals surface area contributed by atoms with Gasteiger partial charge in [0.25, 0.3) is 0 Å². The van der Waals surface area contributed by atoms with Crippen molar-refractivity contribution in [2.24, 2.45) is 0 Å². The first-order valence-electron chi connectivity index (χ1n) is 10.3. The summed E-state index contributed by atoms with van der Waals surface area (Å²) in [4.78, 5) is 20.8. The number of hydrogen-bond acceptors (Lipinski definition) is 7. The average Bonchev–Trinajstić information content (AvgIpc) is 2.78. The van der Waals surface area contributed by atoms with Gasteiger partial charge in [-0.1, -0.05) is 30.3 Å². The van der Waals surface area contributed by atoms with Gasteiger partial charge in [-0.25, -0.2) is 15.0 Å². The van der Waals surface area contributed by atoms with E-state index < -0.39 is 6.10 Å². The molecule has 0 amide bonds. The number of hydrogen-bond donors (Lipinski definition) is 1. The lowest BCUT2D eigenvalue weighted by atomic mass is 9.92. The highest BCUT2D eigenvalue weighted by atomic mass is 16.5. The average molecular weight is 413 g/mol. The van der Waals surface area contributed by atoms with Gasteiger partial charge in [-0.05, 0) is 25.1 Å². The topological polar surface area (TPSA) is 84.3 Å². The largest absolute Gasteiger partial charge is 0.497 e. The maximum absolute atomic E-state index is 10.0. The molecule has 0 saturated carbocycles. The van der Waals surface area contributed by atoms with Gasteiger partial charge in [-0.15, -0.1) is 0 Å². The molecule has 2 aromatic heterocycles.